The number of rotatable bonds is 2. The summed E-state index contributed by atoms with van der Waals surface area (Å²) >= 11 is 1.48. The minimum Gasteiger partial charge on any atom is -0.366 e. The van der Waals surface area contributed by atoms with Gasteiger partial charge < -0.3 is 15.1 Å². The third-order valence-electron chi connectivity index (χ3n) is 3.94. The molecule has 2 amide bonds. The zero-order chi connectivity index (χ0) is 15.5. The van der Waals surface area contributed by atoms with E-state index in [-0.39, 0.29) is 17.6 Å². The zero-order valence-corrected chi connectivity index (χ0v) is 12.9. The fourth-order valence-corrected chi connectivity index (χ4v) is 3.62. The average Bonchev–Trinajstić information content (AvgIpc) is 2.55. The van der Waals surface area contributed by atoms with Crippen LogP contribution in [0.4, 0.5) is 10.1 Å². The third kappa shape index (κ3) is 3.19. The molecule has 2 saturated heterocycles. The molecule has 2 fully saturated rings. The summed E-state index contributed by atoms with van der Waals surface area (Å²) in [4.78, 5) is 27.5. The van der Waals surface area contributed by atoms with Crippen LogP contribution in [-0.4, -0.2) is 60.4 Å². The molecule has 0 spiro atoms. The number of para-hydroxylation sites is 1. The Kier molecular flexibility index (Phi) is 4.52. The van der Waals surface area contributed by atoms with E-state index in [1.165, 1.54) is 17.8 Å². The van der Waals surface area contributed by atoms with Gasteiger partial charge in [-0.1, -0.05) is 12.1 Å². The van der Waals surface area contributed by atoms with Gasteiger partial charge in [0.2, 0.25) is 11.8 Å². The van der Waals surface area contributed by atoms with Crippen molar-refractivity contribution in [1.29, 1.82) is 0 Å². The Morgan fingerprint density at radius 3 is 2.64 bits per heavy atom. The molecule has 0 aliphatic carbocycles. The lowest BCUT2D eigenvalue weighted by molar-refractivity contribution is -0.135. The van der Waals surface area contributed by atoms with Gasteiger partial charge in [-0.15, -0.1) is 11.8 Å². The second-order valence-corrected chi connectivity index (χ2v) is 6.43. The number of piperazine rings is 1. The molecule has 2 heterocycles. The number of hydrogen-bond acceptors (Lipinski definition) is 4. The van der Waals surface area contributed by atoms with E-state index in [0.29, 0.717) is 43.4 Å². The first-order valence-corrected chi connectivity index (χ1v) is 8.46. The van der Waals surface area contributed by atoms with Crippen LogP contribution in [0.2, 0.25) is 0 Å². The number of carbonyl (C=O) groups excluding carboxylic acids is 2. The molecule has 1 atom stereocenters. The number of amides is 2. The van der Waals surface area contributed by atoms with E-state index < -0.39 is 6.04 Å². The summed E-state index contributed by atoms with van der Waals surface area (Å²) in [7, 11) is 0. The molecule has 1 unspecified atom stereocenters. The highest BCUT2D eigenvalue weighted by atomic mass is 32.2. The molecule has 1 aromatic carbocycles. The highest BCUT2D eigenvalue weighted by Crippen LogP contribution is 2.20. The summed E-state index contributed by atoms with van der Waals surface area (Å²) in [6.07, 6.45) is 0. The number of nitrogens with zero attached hydrogens (tertiary/aromatic N) is 2. The second kappa shape index (κ2) is 6.56. The predicted octanol–water partition coefficient (Wildman–Crippen LogP) is 0.706. The fraction of sp³-hybridized carbons (Fsp3) is 0.467. The normalized spacial score (nSPS) is 22.4. The number of nitrogens with one attached hydrogen (secondary N) is 1. The van der Waals surface area contributed by atoms with E-state index in [1.807, 2.05) is 11.0 Å². The van der Waals surface area contributed by atoms with E-state index >= 15 is 0 Å². The SMILES string of the molecule is O=C1CSCC(C(=O)N2CCN(c3ccccc3F)CC2)N1. The molecule has 0 radical (unpaired) electrons. The van der Waals surface area contributed by atoms with Gasteiger partial charge in [-0.2, -0.15) is 0 Å². The molecule has 1 N–H and O–H groups in total. The molecule has 5 nitrogen and oxygen atoms in total. The Hall–Kier alpha value is -1.76. The lowest BCUT2D eigenvalue weighted by atomic mass is 10.2. The van der Waals surface area contributed by atoms with Gasteiger partial charge in [-0.25, -0.2) is 4.39 Å². The largest absolute Gasteiger partial charge is 0.366 e. The van der Waals surface area contributed by atoms with Gasteiger partial charge in [-0.3, -0.25) is 9.59 Å². The average molecular weight is 323 g/mol. The Bertz CT molecular complexity index is 576. The molecular weight excluding hydrogens is 305 g/mol. The van der Waals surface area contributed by atoms with Crippen LogP contribution >= 0.6 is 11.8 Å². The lowest BCUT2D eigenvalue weighted by Crippen LogP contribution is -2.57. The quantitative estimate of drug-likeness (QED) is 0.871. The topological polar surface area (TPSA) is 52.7 Å². The van der Waals surface area contributed by atoms with Crippen LogP contribution < -0.4 is 10.2 Å². The maximum atomic E-state index is 13.8. The van der Waals surface area contributed by atoms with Gasteiger partial charge in [0, 0.05) is 31.9 Å². The fourth-order valence-electron chi connectivity index (χ4n) is 2.78. The number of anilines is 1. The lowest BCUT2D eigenvalue weighted by Gasteiger charge is -2.38. The first-order chi connectivity index (χ1) is 10.6. The smallest absolute Gasteiger partial charge is 0.246 e. The summed E-state index contributed by atoms with van der Waals surface area (Å²) in [5, 5.41) is 2.74. The molecule has 22 heavy (non-hydrogen) atoms. The van der Waals surface area contributed by atoms with Gasteiger partial charge in [0.15, 0.2) is 0 Å². The maximum absolute atomic E-state index is 13.8. The first kappa shape index (κ1) is 15.1. The van der Waals surface area contributed by atoms with Gasteiger partial charge in [0.1, 0.15) is 11.9 Å². The third-order valence-corrected chi connectivity index (χ3v) is 4.97. The summed E-state index contributed by atoms with van der Waals surface area (Å²) in [5.74, 6) is 0.690. The summed E-state index contributed by atoms with van der Waals surface area (Å²) in [5.41, 5.74) is 0.580. The number of benzene rings is 1. The highest BCUT2D eigenvalue weighted by Gasteiger charge is 2.31. The Balaban J connectivity index is 1.58. The zero-order valence-electron chi connectivity index (χ0n) is 12.1. The van der Waals surface area contributed by atoms with Crippen molar-refractivity contribution in [1.82, 2.24) is 10.2 Å². The van der Waals surface area contributed by atoms with Crippen LogP contribution in [0.25, 0.3) is 0 Å². The van der Waals surface area contributed by atoms with E-state index in [1.54, 1.807) is 17.0 Å². The standard InChI is InChI=1S/C15H18FN3O2S/c16-11-3-1-2-4-13(11)18-5-7-19(8-6-18)15(21)12-9-22-10-14(20)17-12/h1-4,12H,5-10H2,(H,17,20). The van der Waals surface area contributed by atoms with Crippen LogP contribution in [0.5, 0.6) is 0 Å². The van der Waals surface area contributed by atoms with E-state index in [0.717, 1.165) is 0 Å². The highest BCUT2D eigenvalue weighted by molar-refractivity contribution is 8.00. The van der Waals surface area contributed by atoms with E-state index in [2.05, 4.69) is 5.32 Å². The van der Waals surface area contributed by atoms with Crippen molar-refractivity contribution in [3.05, 3.63) is 30.1 Å². The van der Waals surface area contributed by atoms with Crippen LogP contribution in [0.3, 0.4) is 0 Å². The minimum absolute atomic E-state index is 0.0336. The first-order valence-electron chi connectivity index (χ1n) is 7.30. The molecule has 7 heteroatoms. The Morgan fingerprint density at radius 1 is 1.23 bits per heavy atom. The van der Waals surface area contributed by atoms with E-state index in [4.69, 9.17) is 0 Å². The molecule has 0 aromatic heterocycles. The minimum atomic E-state index is -0.425. The Labute approximate surface area is 132 Å². The number of hydrogen-bond donors (Lipinski definition) is 1. The number of thioether (sulfide) groups is 1. The van der Waals surface area contributed by atoms with Gasteiger partial charge >= 0.3 is 0 Å². The van der Waals surface area contributed by atoms with Crippen molar-refractivity contribution in [2.75, 3.05) is 42.6 Å². The molecular formula is C15H18FN3O2S. The van der Waals surface area contributed by atoms with Gasteiger partial charge in [0.05, 0.1) is 11.4 Å². The molecule has 2 aliphatic heterocycles. The van der Waals surface area contributed by atoms with Crippen molar-refractivity contribution >= 4 is 29.3 Å². The van der Waals surface area contributed by atoms with Crippen LogP contribution in [0.15, 0.2) is 24.3 Å². The van der Waals surface area contributed by atoms with Crippen molar-refractivity contribution in [2.24, 2.45) is 0 Å². The molecule has 1 aromatic rings. The van der Waals surface area contributed by atoms with Crippen LogP contribution in [-0.2, 0) is 9.59 Å². The second-order valence-electron chi connectivity index (χ2n) is 5.40. The summed E-state index contributed by atoms with van der Waals surface area (Å²) in [6.45, 7) is 2.29. The monoisotopic (exact) mass is 323 g/mol. The molecule has 0 bridgehead atoms. The number of halogens is 1. The van der Waals surface area contributed by atoms with Crippen molar-refractivity contribution in [3.8, 4) is 0 Å². The molecule has 118 valence electrons. The van der Waals surface area contributed by atoms with Crippen LogP contribution in [0, 0.1) is 5.82 Å². The Morgan fingerprint density at radius 2 is 1.95 bits per heavy atom. The number of carbonyl (C=O) groups is 2. The molecule has 3 rings (SSSR count). The van der Waals surface area contributed by atoms with E-state index in [9.17, 15) is 14.0 Å². The predicted molar refractivity (Wildman–Crippen MR) is 84.4 cm³/mol. The van der Waals surface area contributed by atoms with Crippen LogP contribution in [0.1, 0.15) is 0 Å². The molecule has 0 saturated carbocycles. The van der Waals surface area contributed by atoms with Gasteiger partial charge in [-0.05, 0) is 12.1 Å². The van der Waals surface area contributed by atoms with Gasteiger partial charge in [0.25, 0.3) is 0 Å². The van der Waals surface area contributed by atoms with Crippen molar-refractivity contribution in [2.45, 2.75) is 6.04 Å². The van der Waals surface area contributed by atoms with Crippen molar-refractivity contribution < 1.29 is 14.0 Å². The molecule has 2 aliphatic rings. The summed E-state index contributed by atoms with van der Waals surface area (Å²) < 4.78 is 13.8. The van der Waals surface area contributed by atoms with Crippen molar-refractivity contribution in [3.63, 3.8) is 0 Å². The maximum Gasteiger partial charge on any atom is 0.246 e. The summed E-state index contributed by atoms with van der Waals surface area (Å²) in [6, 6.07) is 6.26.